The second-order valence-corrected chi connectivity index (χ2v) is 4.72. The maximum atomic E-state index is 11.9. The molecule has 0 aliphatic carbocycles. The SMILES string of the molecule is Cl.O=C(CC1CCCN1)Nc1ccc2[nH]ncc2c1. The van der Waals surface area contributed by atoms with Gasteiger partial charge in [-0.05, 0) is 37.6 Å². The third-order valence-corrected chi connectivity index (χ3v) is 3.32. The average molecular weight is 281 g/mol. The minimum Gasteiger partial charge on any atom is -0.326 e. The molecule has 1 unspecified atom stereocenters. The van der Waals surface area contributed by atoms with Crippen molar-refractivity contribution < 1.29 is 4.79 Å². The van der Waals surface area contributed by atoms with Crippen LogP contribution in [0, 0.1) is 0 Å². The number of H-pyrrole nitrogens is 1. The molecule has 1 aliphatic rings. The predicted molar refractivity (Wildman–Crippen MR) is 77.6 cm³/mol. The van der Waals surface area contributed by atoms with Crippen LogP contribution < -0.4 is 10.6 Å². The van der Waals surface area contributed by atoms with Crippen molar-refractivity contribution in [1.29, 1.82) is 0 Å². The highest BCUT2D eigenvalue weighted by atomic mass is 35.5. The molecule has 3 N–H and O–H groups in total. The predicted octanol–water partition coefficient (Wildman–Crippen LogP) is 2.07. The number of halogens is 1. The molecule has 0 spiro atoms. The molecule has 1 aromatic carbocycles. The molecule has 1 amide bonds. The highest BCUT2D eigenvalue weighted by Crippen LogP contribution is 2.17. The first kappa shape index (κ1) is 13.8. The Hall–Kier alpha value is -1.59. The van der Waals surface area contributed by atoms with Crippen molar-refractivity contribution in [2.75, 3.05) is 11.9 Å². The summed E-state index contributed by atoms with van der Waals surface area (Å²) in [4.78, 5) is 11.9. The zero-order chi connectivity index (χ0) is 12.4. The second-order valence-electron chi connectivity index (χ2n) is 4.72. The van der Waals surface area contributed by atoms with Gasteiger partial charge in [0.15, 0.2) is 0 Å². The molecule has 19 heavy (non-hydrogen) atoms. The Morgan fingerprint density at radius 3 is 3.16 bits per heavy atom. The summed E-state index contributed by atoms with van der Waals surface area (Å²) < 4.78 is 0. The zero-order valence-electron chi connectivity index (χ0n) is 10.5. The summed E-state index contributed by atoms with van der Waals surface area (Å²) in [5.74, 6) is 0.0669. The molecule has 1 aliphatic heterocycles. The number of hydrogen-bond acceptors (Lipinski definition) is 3. The Bertz CT molecular complexity index is 563. The summed E-state index contributed by atoms with van der Waals surface area (Å²) >= 11 is 0. The van der Waals surface area contributed by atoms with Crippen molar-refractivity contribution in [3.05, 3.63) is 24.4 Å². The van der Waals surface area contributed by atoms with E-state index in [1.54, 1.807) is 6.20 Å². The summed E-state index contributed by atoms with van der Waals surface area (Å²) in [6, 6.07) is 6.08. The van der Waals surface area contributed by atoms with Crippen LogP contribution in [0.5, 0.6) is 0 Å². The van der Waals surface area contributed by atoms with Crippen LogP contribution in [0.2, 0.25) is 0 Å². The highest BCUT2D eigenvalue weighted by molar-refractivity contribution is 5.93. The van der Waals surface area contributed by atoms with Gasteiger partial charge in [0.2, 0.25) is 5.91 Å². The van der Waals surface area contributed by atoms with E-state index in [0.717, 1.165) is 29.6 Å². The fraction of sp³-hybridized carbons (Fsp3) is 0.385. The molecule has 1 fully saturated rings. The van der Waals surface area contributed by atoms with Crippen LogP contribution in [0.1, 0.15) is 19.3 Å². The lowest BCUT2D eigenvalue weighted by atomic mass is 10.1. The normalized spacial score (nSPS) is 18.2. The van der Waals surface area contributed by atoms with Gasteiger partial charge in [0, 0.05) is 23.5 Å². The minimum absolute atomic E-state index is 0. The first-order valence-electron chi connectivity index (χ1n) is 6.27. The monoisotopic (exact) mass is 280 g/mol. The van der Waals surface area contributed by atoms with E-state index < -0.39 is 0 Å². The molecule has 1 aromatic heterocycles. The van der Waals surface area contributed by atoms with Gasteiger partial charge in [0.05, 0.1) is 11.7 Å². The van der Waals surface area contributed by atoms with Gasteiger partial charge < -0.3 is 10.6 Å². The molecule has 102 valence electrons. The lowest BCUT2D eigenvalue weighted by Crippen LogP contribution is -2.27. The highest BCUT2D eigenvalue weighted by Gasteiger charge is 2.17. The number of benzene rings is 1. The molecule has 2 heterocycles. The first-order chi connectivity index (χ1) is 8.81. The Labute approximate surface area is 117 Å². The fourth-order valence-corrected chi connectivity index (χ4v) is 2.39. The van der Waals surface area contributed by atoms with Crippen molar-refractivity contribution in [2.24, 2.45) is 0 Å². The smallest absolute Gasteiger partial charge is 0.225 e. The van der Waals surface area contributed by atoms with Gasteiger partial charge in [0.25, 0.3) is 0 Å². The van der Waals surface area contributed by atoms with Gasteiger partial charge >= 0.3 is 0 Å². The molecule has 0 bridgehead atoms. The van der Waals surface area contributed by atoms with Gasteiger partial charge in [-0.2, -0.15) is 5.10 Å². The summed E-state index contributed by atoms with van der Waals surface area (Å²) in [6.45, 7) is 1.03. The van der Waals surface area contributed by atoms with Crippen LogP contribution in [0.4, 0.5) is 5.69 Å². The maximum Gasteiger partial charge on any atom is 0.225 e. The van der Waals surface area contributed by atoms with Crippen molar-refractivity contribution in [3.63, 3.8) is 0 Å². The lowest BCUT2D eigenvalue weighted by Gasteiger charge is -2.10. The number of hydrogen-bond donors (Lipinski definition) is 3. The van der Waals surface area contributed by atoms with Gasteiger partial charge in [-0.3, -0.25) is 9.89 Å². The third-order valence-electron chi connectivity index (χ3n) is 3.32. The molecule has 0 saturated carbocycles. The second kappa shape index (κ2) is 6.04. The molecule has 1 atom stereocenters. The molecular weight excluding hydrogens is 264 g/mol. The van der Waals surface area contributed by atoms with Crippen LogP contribution >= 0.6 is 12.4 Å². The van der Waals surface area contributed by atoms with Crippen molar-refractivity contribution in [2.45, 2.75) is 25.3 Å². The molecular formula is C13H17ClN4O. The van der Waals surface area contributed by atoms with Crippen LogP contribution in [-0.4, -0.2) is 28.7 Å². The third kappa shape index (κ3) is 3.24. The van der Waals surface area contributed by atoms with Crippen molar-refractivity contribution >= 4 is 34.9 Å². The van der Waals surface area contributed by atoms with Gasteiger partial charge in [-0.15, -0.1) is 12.4 Å². The van der Waals surface area contributed by atoms with Crippen LogP contribution in [0.15, 0.2) is 24.4 Å². The molecule has 1 saturated heterocycles. The van der Waals surface area contributed by atoms with Crippen LogP contribution in [0.3, 0.4) is 0 Å². The van der Waals surface area contributed by atoms with E-state index in [1.165, 1.54) is 6.42 Å². The van der Waals surface area contributed by atoms with E-state index in [-0.39, 0.29) is 18.3 Å². The number of anilines is 1. The summed E-state index contributed by atoms with van der Waals surface area (Å²) in [5, 5.41) is 14.1. The molecule has 3 rings (SSSR count). The number of rotatable bonds is 3. The van der Waals surface area contributed by atoms with Crippen molar-refractivity contribution in [1.82, 2.24) is 15.5 Å². The van der Waals surface area contributed by atoms with Crippen molar-refractivity contribution in [3.8, 4) is 0 Å². The standard InChI is InChI=1S/C13H16N4O.ClH/c18-13(7-10-2-1-5-14-10)16-11-3-4-12-9(6-11)8-15-17-12;/h3-4,6,8,10,14H,1-2,5,7H2,(H,15,17)(H,16,18);1H. The van der Waals surface area contributed by atoms with E-state index in [9.17, 15) is 4.79 Å². The Balaban J connectivity index is 0.00000133. The zero-order valence-corrected chi connectivity index (χ0v) is 11.3. The number of nitrogens with one attached hydrogen (secondary N) is 3. The number of aromatic nitrogens is 2. The number of carbonyl (C=O) groups is 1. The molecule has 0 radical (unpaired) electrons. The summed E-state index contributed by atoms with van der Waals surface area (Å²) in [6.07, 6.45) is 4.56. The van der Waals surface area contributed by atoms with E-state index >= 15 is 0 Å². The Kier molecular flexibility index (Phi) is 4.39. The summed E-state index contributed by atoms with van der Waals surface area (Å²) in [7, 11) is 0. The average Bonchev–Trinajstić information content (AvgIpc) is 2.98. The van der Waals surface area contributed by atoms with Gasteiger partial charge in [-0.25, -0.2) is 0 Å². The summed E-state index contributed by atoms with van der Waals surface area (Å²) in [5.41, 5.74) is 1.80. The van der Waals surface area contributed by atoms with E-state index in [4.69, 9.17) is 0 Å². The number of nitrogens with zero attached hydrogens (tertiary/aromatic N) is 1. The topological polar surface area (TPSA) is 69.8 Å². The number of amides is 1. The Morgan fingerprint density at radius 1 is 1.47 bits per heavy atom. The maximum absolute atomic E-state index is 11.9. The number of carbonyl (C=O) groups excluding carboxylic acids is 1. The lowest BCUT2D eigenvalue weighted by molar-refractivity contribution is -0.116. The van der Waals surface area contributed by atoms with Gasteiger partial charge in [-0.1, -0.05) is 0 Å². The fourth-order valence-electron chi connectivity index (χ4n) is 2.39. The number of fused-ring (bicyclic) bond motifs is 1. The molecule has 2 aromatic rings. The van der Waals surface area contributed by atoms with E-state index in [2.05, 4.69) is 20.8 Å². The van der Waals surface area contributed by atoms with Crippen LogP contribution in [0.25, 0.3) is 10.9 Å². The largest absolute Gasteiger partial charge is 0.326 e. The molecule has 5 nitrogen and oxygen atoms in total. The van der Waals surface area contributed by atoms with E-state index in [0.29, 0.717) is 12.5 Å². The Morgan fingerprint density at radius 2 is 2.37 bits per heavy atom. The van der Waals surface area contributed by atoms with Crippen LogP contribution in [-0.2, 0) is 4.79 Å². The number of aromatic amines is 1. The minimum atomic E-state index is 0. The quantitative estimate of drug-likeness (QED) is 0.806. The first-order valence-corrected chi connectivity index (χ1v) is 6.27. The van der Waals surface area contributed by atoms with E-state index in [1.807, 2.05) is 18.2 Å². The molecule has 6 heteroatoms. The van der Waals surface area contributed by atoms with Gasteiger partial charge in [0.1, 0.15) is 0 Å².